The number of carboxylic acid groups (broad SMARTS) is 1. The lowest BCUT2D eigenvalue weighted by atomic mass is 10.1. The first kappa shape index (κ1) is 13.6. The minimum Gasteiger partial charge on any atom is -0.548 e. The number of amides is 1. The molecule has 0 radical (unpaired) electrons. The number of rotatable bonds is 5. The molecule has 1 rings (SSSR count). The third kappa shape index (κ3) is 4.48. The van der Waals surface area contributed by atoms with Crippen LogP contribution in [-0.4, -0.2) is 24.2 Å². The van der Waals surface area contributed by atoms with Gasteiger partial charge in [0.15, 0.2) is 0 Å². The molecule has 1 aromatic rings. The molecule has 0 fully saturated rings. The summed E-state index contributed by atoms with van der Waals surface area (Å²) in [6.45, 7) is 1.29. The van der Waals surface area contributed by atoms with E-state index in [1.807, 2.05) is 30.5 Å². The molecule has 1 N–H and O–H groups in total. The fourth-order valence-corrected chi connectivity index (χ4v) is 1.96. The van der Waals surface area contributed by atoms with Crippen LogP contribution < -0.4 is 10.4 Å². The second-order valence-electron chi connectivity index (χ2n) is 3.63. The molecule has 0 spiro atoms. The fraction of sp³-hybridized carbons (Fsp3) is 0.333. The summed E-state index contributed by atoms with van der Waals surface area (Å²) in [7, 11) is 0. The number of carboxylic acids is 1. The normalized spacial score (nSPS) is 11.9. The molecule has 1 atom stereocenters. The Morgan fingerprint density at radius 1 is 1.47 bits per heavy atom. The van der Waals surface area contributed by atoms with Gasteiger partial charge in [-0.15, -0.1) is 11.8 Å². The van der Waals surface area contributed by atoms with Crippen molar-refractivity contribution < 1.29 is 14.7 Å². The van der Waals surface area contributed by atoms with Gasteiger partial charge in [0.1, 0.15) is 0 Å². The molecule has 92 valence electrons. The van der Waals surface area contributed by atoms with Crippen LogP contribution in [0, 0.1) is 0 Å². The van der Waals surface area contributed by atoms with E-state index in [4.69, 9.17) is 0 Å². The Morgan fingerprint density at radius 3 is 2.71 bits per heavy atom. The Bertz CT molecular complexity index is 420. The van der Waals surface area contributed by atoms with Crippen LogP contribution in [0.1, 0.15) is 12.5 Å². The van der Waals surface area contributed by atoms with Crippen LogP contribution in [0.4, 0.5) is 0 Å². The van der Waals surface area contributed by atoms with Crippen molar-refractivity contribution in [3.8, 4) is 0 Å². The van der Waals surface area contributed by atoms with Gasteiger partial charge in [-0.3, -0.25) is 4.79 Å². The topological polar surface area (TPSA) is 69.2 Å². The average Bonchev–Trinajstić information content (AvgIpc) is 2.27. The summed E-state index contributed by atoms with van der Waals surface area (Å²) in [4.78, 5) is 22.8. The standard InChI is InChI=1S/C12H15NO3S/c1-8(14)13-11(12(15)16)7-9-4-3-5-10(6-9)17-2/h3-6,11H,7H2,1-2H3,(H,13,14)(H,15,16)/p-1. The van der Waals surface area contributed by atoms with Gasteiger partial charge in [0, 0.05) is 11.8 Å². The summed E-state index contributed by atoms with van der Waals surface area (Å²) in [6.07, 6.45) is 2.18. The highest BCUT2D eigenvalue weighted by Crippen LogP contribution is 2.16. The van der Waals surface area contributed by atoms with Crippen molar-refractivity contribution in [2.45, 2.75) is 24.3 Å². The van der Waals surface area contributed by atoms with Crippen molar-refractivity contribution in [1.82, 2.24) is 5.32 Å². The Kier molecular flexibility index (Phi) is 5.03. The van der Waals surface area contributed by atoms with Gasteiger partial charge in [-0.2, -0.15) is 0 Å². The maximum absolute atomic E-state index is 10.9. The van der Waals surface area contributed by atoms with E-state index >= 15 is 0 Å². The Balaban J connectivity index is 2.78. The summed E-state index contributed by atoms with van der Waals surface area (Å²) in [6, 6.07) is 6.56. The lowest BCUT2D eigenvalue weighted by Crippen LogP contribution is -2.48. The van der Waals surface area contributed by atoms with Crippen LogP contribution in [0.5, 0.6) is 0 Å². The van der Waals surface area contributed by atoms with Crippen molar-refractivity contribution in [3.05, 3.63) is 29.8 Å². The first-order valence-electron chi connectivity index (χ1n) is 5.14. The van der Waals surface area contributed by atoms with Gasteiger partial charge in [-0.1, -0.05) is 12.1 Å². The third-order valence-electron chi connectivity index (χ3n) is 2.24. The number of hydrogen-bond donors (Lipinski definition) is 1. The molecule has 1 amide bonds. The average molecular weight is 252 g/mol. The molecule has 0 saturated carbocycles. The van der Waals surface area contributed by atoms with Crippen LogP contribution >= 0.6 is 11.8 Å². The lowest BCUT2D eigenvalue weighted by molar-refractivity contribution is -0.308. The predicted octanol–water partition coefficient (Wildman–Crippen LogP) is 0.206. The molecule has 17 heavy (non-hydrogen) atoms. The maximum atomic E-state index is 10.9. The maximum Gasteiger partial charge on any atom is 0.217 e. The summed E-state index contributed by atoms with van der Waals surface area (Å²) in [5, 5.41) is 13.2. The van der Waals surface area contributed by atoms with Crippen molar-refractivity contribution in [2.24, 2.45) is 0 Å². The van der Waals surface area contributed by atoms with E-state index < -0.39 is 12.0 Å². The summed E-state index contributed by atoms with van der Waals surface area (Å²) in [5.74, 6) is -1.64. The molecule has 1 aromatic carbocycles. The quantitative estimate of drug-likeness (QED) is 0.760. The molecule has 0 bridgehead atoms. The number of hydrogen-bond acceptors (Lipinski definition) is 4. The van der Waals surface area contributed by atoms with Gasteiger partial charge in [0.05, 0.1) is 12.0 Å². The van der Waals surface area contributed by atoms with Gasteiger partial charge in [0.25, 0.3) is 0 Å². The molecule has 0 aliphatic rings. The first-order chi connectivity index (χ1) is 8.02. The zero-order chi connectivity index (χ0) is 12.8. The van der Waals surface area contributed by atoms with E-state index in [-0.39, 0.29) is 12.3 Å². The van der Waals surface area contributed by atoms with E-state index in [0.29, 0.717) is 0 Å². The number of carbonyl (C=O) groups is 2. The first-order valence-corrected chi connectivity index (χ1v) is 6.36. The van der Waals surface area contributed by atoms with E-state index in [9.17, 15) is 14.7 Å². The molecule has 1 unspecified atom stereocenters. The number of nitrogens with one attached hydrogen (secondary N) is 1. The largest absolute Gasteiger partial charge is 0.548 e. The predicted molar refractivity (Wildman–Crippen MR) is 64.5 cm³/mol. The van der Waals surface area contributed by atoms with Crippen LogP contribution in [0.3, 0.4) is 0 Å². The number of benzene rings is 1. The molecule has 5 heteroatoms. The molecule has 0 aromatic heterocycles. The number of thioether (sulfide) groups is 1. The fourth-order valence-electron chi connectivity index (χ4n) is 1.47. The smallest absolute Gasteiger partial charge is 0.217 e. The van der Waals surface area contributed by atoms with E-state index in [1.54, 1.807) is 11.8 Å². The molecular formula is C12H14NO3S-. The van der Waals surface area contributed by atoms with E-state index in [2.05, 4.69) is 5.32 Å². The second kappa shape index (κ2) is 6.30. The zero-order valence-corrected chi connectivity index (χ0v) is 10.5. The highest BCUT2D eigenvalue weighted by atomic mass is 32.2. The molecule has 0 saturated heterocycles. The number of carbonyl (C=O) groups excluding carboxylic acids is 2. The molecule has 0 aliphatic carbocycles. The minimum atomic E-state index is -1.27. The van der Waals surface area contributed by atoms with E-state index in [1.165, 1.54) is 6.92 Å². The Morgan fingerprint density at radius 2 is 2.18 bits per heavy atom. The van der Waals surface area contributed by atoms with Crippen LogP contribution in [0.15, 0.2) is 29.2 Å². The van der Waals surface area contributed by atoms with Crippen molar-refractivity contribution >= 4 is 23.6 Å². The third-order valence-corrected chi connectivity index (χ3v) is 2.96. The summed E-state index contributed by atoms with van der Waals surface area (Å²) >= 11 is 1.58. The van der Waals surface area contributed by atoms with E-state index in [0.717, 1.165) is 10.5 Å². The van der Waals surface area contributed by atoms with Crippen molar-refractivity contribution in [2.75, 3.05) is 6.26 Å². The molecule has 0 heterocycles. The SMILES string of the molecule is CSc1cccc(CC(NC(C)=O)C(=O)[O-])c1. The summed E-state index contributed by atoms with van der Waals surface area (Å²) < 4.78 is 0. The second-order valence-corrected chi connectivity index (χ2v) is 4.51. The summed E-state index contributed by atoms with van der Waals surface area (Å²) in [5.41, 5.74) is 0.861. The van der Waals surface area contributed by atoms with Gasteiger partial charge in [-0.05, 0) is 30.4 Å². The molecular weight excluding hydrogens is 238 g/mol. The van der Waals surface area contributed by atoms with Gasteiger partial charge in [0.2, 0.25) is 5.91 Å². The minimum absolute atomic E-state index is 0.232. The van der Waals surface area contributed by atoms with Gasteiger partial charge < -0.3 is 15.2 Å². The monoisotopic (exact) mass is 252 g/mol. The van der Waals surface area contributed by atoms with Gasteiger partial charge in [-0.25, -0.2) is 0 Å². The highest BCUT2D eigenvalue weighted by molar-refractivity contribution is 7.98. The zero-order valence-electron chi connectivity index (χ0n) is 9.73. The van der Waals surface area contributed by atoms with Crippen LogP contribution in [0.2, 0.25) is 0 Å². The number of aliphatic carboxylic acids is 1. The highest BCUT2D eigenvalue weighted by Gasteiger charge is 2.12. The van der Waals surface area contributed by atoms with Crippen molar-refractivity contribution in [3.63, 3.8) is 0 Å². The Labute approximate surface area is 104 Å². The van der Waals surface area contributed by atoms with Crippen LogP contribution in [-0.2, 0) is 16.0 Å². The lowest BCUT2D eigenvalue weighted by Gasteiger charge is -2.19. The van der Waals surface area contributed by atoms with Gasteiger partial charge >= 0.3 is 0 Å². The Hall–Kier alpha value is -1.49. The molecule has 0 aliphatic heterocycles. The van der Waals surface area contributed by atoms with Crippen molar-refractivity contribution in [1.29, 1.82) is 0 Å². The molecule has 4 nitrogen and oxygen atoms in total. The van der Waals surface area contributed by atoms with Crippen LogP contribution in [0.25, 0.3) is 0 Å².